The van der Waals surface area contributed by atoms with E-state index in [9.17, 15) is 9.36 Å². The molecule has 0 fully saturated rings. The van der Waals surface area contributed by atoms with E-state index in [4.69, 9.17) is 13.8 Å². The van der Waals surface area contributed by atoms with Gasteiger partial charge < -0.3 is 13.8 Å². The average molecular weight is 295 g/mol. The molecule has 0 spiro atoms. The van der Waals surface area contributed by atoms with E-state index in [2.05, 4.69) is 12.0 Å². The van der Waals surface area contributed by atoms with Crippen molar-refractivity contribution in [2.24, 2.45) is 0 Å². The molecule has 0 aliphatic carbocycles. The van der Waals surface area contributed by atoms with Crippen LogP contribution in [0, 0.1) is 0 Å². The van der Waals surface area contributed by atoms with E-state index in [0.717, 1.165) is 0 Å². The van der Waals surface area contributed by atoms with E-state index in [1.54, 1.807) is 6.92 Å². The fourth-order valence-electron chi connectivity index (χ4n) is 0.940. The molecule has 0 bridgehead atoms. The van der Waals surface area contributed by atoms with Gasteiger partial charge in [0.05, 0.1) is 40.9 Å². The number of nitrogens with zero attached hydrogens (tertiary/aromatic N) is 1. The van der Waals surface area contributed by atoms with Crippen LogP contribution in [0.15, 0.2) is 12.2 Å². The molecule has 1 atom stereocenters. The molecule has 7 nitrogen and oxygen atoms in total. The Morgan fingerprint density at radius 3 is 2.32 bits per heavy atom. The van der Waals surface area contributed by atoms with Gasteiger partial charge in [-0.15, -0.1) is 0 Å². The standard InChI is InChI=1S/C11H24N2O5P/c1-10(2)11(14)16-8-9-18-19(15)17-7-6-12-13(3,4)5/h12,19H,1,6-9H2,2-5H3/q+1. The van der Waals surface area contributed by atoms with Crippen LogP contribution in [0.25, 0.3) is 0 Å². The van der Waals surface area contributed by atoms with Crippen molar-refractivity contribution in [3.05, 3.63) is 12.2 Å². The van der Waals surface area contributed by atoms with Gasteiger partial charge in [-0.1, -0.05) is 6.58 Å². The molecule has 0 aromatic carbocycles. The topological polar surface area (TPSA) is 73.9 Å². The van der Waals surface area contributed by atoms with E-state index >= 15 is 0 Å². The number of esters is 1. The Labute approximate surface area is 115 Å². The zero-order chi connectivity index (χ0) is 14.9. The van der Waals surface area contributed by atoms with Crippen LogP contribution in [-0.4, -0.2) is 58.1 Å². The summed E-state index contributed by atoms with van der Waals surface area (Å²) in [6, 6.07) is 0. The van der Waals surface area contributed by atoms with Crippen molar-refractivity contribution in [2.75, 3.05) is 47.5 Å². The van der Waals surface area contributed by atoms with Crippen LogP contribution in [0.5, 0.6) is 0 Å². The second-order valence-electron chi connectivity index (χ2n) is 4.78. The van der Waals surface area contributed by atoms with Gasteiger partial charge in [0.1, 0.15) is 6.61 Å². The van der Waals surface area contributed by atoms with Crippen molar-refractivity contribution >= 4 is 14.2 Å². The number of hydrogen-bond donors (Lipinski definition) is 1. The Hall–Kier alpha value is -0.720. The maximum absolute atomic E-state index is 11.3. The minimum atomic E-state index is -2.54. The molecule has 0 saturated heterocycles. The summed E-state index contributed by atoms with van der Waals surface area (Å²) < 4.78 is 26.5. The molecule has 112 valence electrons. The van der Waals surface area contributed by atoms with Crippen LogP contribution in [0.2, 0.25) is 0 Å². The molecule has 0 heterocycles. The van der Waals surface area contributed by atoms with E-state index in [0.29, 0.717) is 23.3 Å². The Bertz CT molecular complexity index is 328. The van der Waals surface area contributed by atoms with Crippen molar-refractivity contribution < 1.29 is 27.7 Å². The quantitative estimate of drug-likeness (QED) is 0.160. The molecule has 8 heteroatoms. The molecular weight excluding hydrogens is 271 g/mol. The SMILES string of the molecule is C=C(C)C(=O)OCCO[PH](=O)OCCN[N+](C)(C)C. The first-order valence-corrected chi connectivity index (χ1v) is 7.13. The predicted octanol–water partition coefficient (Wildman–Crippen LogP) is 0.739. The van der Waals surface area contributed by atoms with Crippen LogP contribution >= 0.6 is 8.25 Å². The van der Waals surface area contributed by atoms with Gasteiger partial charge in [-0.05, 0) is 6.92 Å². The molecule has 0 aromatic rings. The van der Waals surface area contributed by atoms with Gasteiger partial charge in [0.2, 0.25) is 0 Å². The largest absolute Gasteiger partial charge is 0.460 e. The molecule has 0 aromatic heterocycles. The maximum atomic E-state index is 11.3. The molecule has 0 rings (SSSR count). The monoisotopic (exact) mass is 295 g/mol. The molecule has 1 unspecified atom stereocenters. The maximum Gasteiger partial charge on any atom is 0.333 e. The van der Waals surface area contributed by atoms with Gasteiger partial charge in [-0.3, -0.25) is 9.16 Å². The van der Waals surface area contributed by atoms with Gasteiger partial charge in [-0.2, -0.15) is 5.43 Å². The van der Waals surface area contributed by atoms with E-state index in [1.165, 1.54) is 0 Å². The van der Waals surface area contributed by atoms with Crippen LogP contribution in [-0.2, 0) is 23.1 Å². The first-order valence-electron chi connectivity index (χ1n) is 5.91. The highest BCUT2D eigenvalue weighted by Crippen LogP contribution is 2.22. The molecular formula is C11H24N2O5P+. The van der Waals surface area contributed by atoms with E-state index < -0.39 is 14.2 Å². The van der Waals surface area contributed by atoms with Gasteiger partial charge in [0.15, 0.2) is 0 Å². The molecule has 0 amide bonds. The lowest BCUT2D eigenvalue weighted by Gasteiger charge is -2.23. The zero-order valence-corrected chi connectivity index (χ0v) is 13.0. The highest BCUT2D eigenvalue weighted by molar-refractivity contribution is 7.33. The Morgan fingerprint density at radius 1 is 1.21 bits per heavy atom. The number of ether oxygens (including phenoxy) is 1. The first-order chi connectivity index (χ1) is 8.72. The molecule has 0 saturated carbocycles. The lowest BCUT2D eigenvalue weighted by molar-refractivity contribution is -0.915. The zero-order valence-electron chi connectivity index (χ0n) is 12.0. The highest BCUT2D eigenvalue weighted by atomic mass is 31.1. The smallest absolute Gasteiger partial charge is 0.333 e. The van der Waals surface area contributed by atoms with E-state index in [1.807, 2.05) is 21.1 Å². The number of carbonyl (C=O) groups is 1. The van der Waals surface area contributed by atoms with Crippen molar-refractivity contribution in [3.63, 3.8) is 0 Å². The van der Waals surface area contributed by atoms with Crippen molar-refractivity contribution in [1.82, 2.24) is 5.43 Å². The lowest BCUT2D eigenvalue weighted by atomic mass is 10.4. The summed E-state index contributed by atoms with van der Waals surface area (Å²) in [6.07, 6.45) is 0. The third-order valence-corrected chi connectivity index (χ3v) is 2.67. The summed E-state index contributed by atoms with van der Waals surface area (Å²) in [5.41, 5.74) is 3.44. The Balaban J connectivity index is 3.50. The number of nitrogens with one attached hydrogen (secondary N) is 1. The number of hydrogen-bond acceptors (Lipinski definition) is 6. The third-order valence-electron chi connectivity index (χ3n) is 1.79. The second kappa shape index (κ2) is 9.23. The fourth-order valence-corrected chi connectivity index (χ4v) is 1.54. The molecule has 0 aliphatic heterocycles. The summed E-state index contributed by atoms with van der Waals surface area (Å²) in [6.45, 7) is 5.91. The molecule has 0 radical (unpaired) electrons. The van der Waals surface area contributed by atoms with Gasteiger partial charge in [0.25, 0.3) is 0 Å². The third kappa shape index (κ3) is 12.1. The summed E-state index contributed by atoms with van der Waals surface area (Å²) in [5, 5.41) is 0. The lowest BCUT2D eigenvalue weighted by Crippen LogP contribution is -2.49. The first kappa shape index (κ1) is 18.3. The number of rotatable bonds is 10. The van der Waals surface area contributed by atoms with Crippen molar-refractivity contribution in [1.29, 1.82) is 0 Å². The number of carbonyl (C=O) groups excluding carboxylic acids is 1. The Kier molecular flexibility index (Phi) is 8.88. The van der Waals surface area contributed by atoms with Crippen LogP contribution in [0.4, 0.5) is 0 Å². The second-order valence-corrected chi connectivity index (χ2v) is 5.86. The van der Waals surface area contributed by atoms with Crippen LogP contribution in [0.1, 0.15) is 6.92 Å². The minimum Gasteiger partial charge on any atom is -0.460 e. The van der Waals surface area contributed by atoms with Gasteiger partial charge >= 0.3 is 14.2 Å². The predicted molar refractivity (Wildman–Crippen MR) is 72.7 cm³/mol. The normalized spacial score (nSPS) is 13.1. The highest BCUT2D eigenvalue weighted by Gasteiger charge is 2.07. The van der Waals surface area contributed by atoms with Crippen molar-refractivity contribution in [2.45, 2.75) is 6.92 Å². The number of quaternary nitrogens is 1. The fraction of sp³-hybridized carbons (Fsp3) is 0.727. The average Bonchev–Trinajstić information content (AvgIpc) is 2.28. The van der Waals surface area contributed by atoms with E-state index in [-0.39, 0.29) is 13.2 Å². The summed E-state index contributed by atoms with van der Waals surface area (Å²) >= 11 is 0. The minimum absolute atomic E-state index is 0.0303. The van der Waals surface area contributed by atoms with Crippen LogP contribution in [0.3, 0.4) is 0 Å². The molecule has 0 aliphatic rings. The molecule has 1 N–H and O–H groups in total. The van der Waals surface area contributed by atoms with Crippen molar-refractivity contribution in [3.8, 4) is 0 Å². The molecule has 19 heavy (non-hydrogen) atoms. The van der Waals surface area contributed by atoms with Gasteiger partial charge in [0, 0.05) is 5.57 Å². The van der Waals surface area contributed by atoms with Crippen LogP contribution < -0.4 is 5.43 Å². The Morgan fingerprint density at radius 2 is 1.79 bits per heavy atom. The summed E-state index contributed by atoms with van der Waals surface area (Å²) in [5.74, 6) is -0.490. The van der Waals surface area contributed by atoms with Gasteiger partial charge in [-0.25, -0.2) is 4.79 Å². The summed E-state index contributed by atoms with van der Waals surface area (Å²) in [4.78, 5) is 11.0. The summed E-state index contributed by atoms with van der Waals surface area (Å²) in [7, 11) is 3.37.